The monoisotopic (exact) mass is 494 g/mol. The summed E-state index contributed by atoms with van der Waals surface area (Å²) in [5.74, 6) is 0.841. The molecule has 2 N–H and O–H groups in total. The van der Waals surface area contributed by atoms with Gasteiger partial charge in [0.05, 0.1) is 13.2 Å². The fraction of sp³-hybridized carbons (Fsp3) is 0.895. The van der Waals surface area contributed by atoms with Crippen molar-refractivity contribution in [1.82, 2.24) is 15.5 Å². The first-order chi connectivity index (χ1) is 12.2. The summed E-state index contributed by atoms with van der Waals surface area (Å²) in [6, 6.07) is 0.858. The number of amides is 1. The van der Waals surface area contributed by atoms with Crippen LogP contribution in [0.5, 0.6) is 0 Å². The number of carbonyl (C=O) groups excluding carboxylic acids is 1. The van der Waals surface area contributed by atoms with E-state index in [0.29, 0.717) is 6.04 Å². The smallest absolute Gasteiger partial charge is 0.410 e. The number of hydrogen-bond donors (Lipinski definition) is 2. The van der Waals surface area contributed by atoms with Crippen LogP contribution in [0.25, 0.3) is 0 Å². The summed E-state index contributed by atoms with van der Waals surface area (Å²) in [5.41, 5.74) is -0.240. The molecule has 0 aromatic carbocycles. The molecule has 7 nitrogen and oxygen atoms in total. The summed E-state index contributed by atoms with van der Waals surface area (Å²) in [6.45, 7) is 10.4. The van der Waals surface area contributed by atoms with Crippen LogP contribution in [0, 0.1) is 5.41 Å². The number of fused-ring (bicyclic) bond motifs is 2. The molecular formula is C19H35IN4O3. The van der Waals surface area contributed by atoms with Gasteiger partial charge in [-0.25, -0.2) is 4.79 Å². The highest BCUT2D eigenvalue weighted by Gasteiger charge is 2.45. The van der Waals surface area contributed by atoms with E-state index in [0.717, 1.165) is 51.4 Å². The first-order valence-electron chi connectivity index (χ1n) is 9.75. The number of aliphatic imine (C=N–C) groups is 1. The van der Waals surface area contributed by atoms with Gasteiger partial charge in [-0.2, -0.15) is 0 Å². The third-order valence-electron chi connectivity index (χ3n) is 5.49. The quantitative estimate of drug-likeness (QED) is 0.359. The summed E-state index contributed by atoms with van der Waals surface area (Å²) in [5, 5.41) is 6.98. The lowest BCUT2D eigenvalue weighted by molar-refractivity contribution is -0.0971. The fourth-order valence-corrected chi connectivity index (χ4v) is 4.15. The van der Waals surface area contributed by atoms with Crippen LogP contribution < -0.4 is 10.6 Å². The van der Waals surface area contributed by atoms with Crippen molar-refractivity contribution < 1.29 is 14.3 Å². The number of piperidine rings is 1. The average molecular weight is 494 g/mol. The molecular weight excluding hydrogens is 459 g/mol. The Balaban J connectivity index is 0.00000261. The van der Waals surface area contributed by atoms with Crippen molar-refractivity contribution >= 4 is 36.0 Å². The van der Waals surface area contributed by atoms with Crippen molar-refractivity contribution in [2.24, 2.45) is 10.4 Å². The SMILES string of the molecule is CN=C(NCC1(C)COC1)NC1CC2CCC(C1)N2C(=O)OC(C)(C)C.I. The summed E-state index contributed by atoms with van der Waals surface area (Å²) in [4.78, 5) is 18.9. The number of nitrogens with zero attached hydrogens (tertiary/aromatic N) is 2. The van der Waals surface area contributed by atoms with E-state index in [2.05, 4.69) is 22.5 Å². The number of rotatable bonds is 3. The zero-order valence-corrected chi connectivity index (χ0v) is 19.5. The third kappa shape index (κ3) is 5.62. The van der Waals surface area contributed by atoms with Crippen LogP contribution in [0.4, 0.5) is 4.79 Å². The van der Waals surface area contributed by atoms with E-state index in [1.807, 2.05) is 25.7 Å². The highest BCUT2D eigenvalue weighted by atomic mass is 127. The predicted molar refractivity (Wildman–Crippen MR) is 117 cm³/mol. The van der Waals surface area contributed by atoms with Gasteiger partial charge in [0, 0.05) is 37.1 Å². The van der Waals surface area contributed by atoms with Crippen LogP contribution in [-0.2, 0) is 9.47 Å². The molecule has 27 heavy (non-hydrogen) atoms. The van der Waals surface area contributed by atoms with E-state index < -0.39 is 5.60 Å². The lowest BCUT2D eigenvalue weighted by Gasteiger charge is -2.41. The van der Waals surface area contributed by atoms with Crippen molar-refractivity contribution in [3.05, 3.63) is 0 Å². The molecule has 3 fully saturated rings. The molecule has 0 spiro atoms. The van der Waals surface area contributed by atoms with Gasteiger partial charge in [0.1, 0.15) is 5.60 Å². The Morgan fingerprint density at radius 1 is 1.26 bits per heavy atom. The lowest BCUT2D eigenvalue weighted by atomic mass is 9.89. The van der Waals surface area contributed by atoms with Gasteiger partial charge in [-0.1, -0.05) is 6.92 Å². The molecule has 0 aromatic rings. The predicted octanol–water partition coefficient (Wildman–Crippen LogP) is 2.74. The van der Waals surface area contributed by atoms with E-state index in [1.165, 1.54) is 0 Å². The largest absolute Gasteiger partial charge is 0.444 e. The fourth-order valence-electron chi connectivity index (χ4n) is 4.15. The molecule has 2 bridgehead atoms. The zero-order valence-electron chi connectivity index (χ0n) is 17.2. The number of nitrogens with one attached hydrogen (secondary N) is 2. The van der Waals surface area contributed by atoms with Gasteiger partial charge in [0.15, 0.2) is 5.96 Å². The van der Waals surface area contributed by atoms with Gasteiger partial charge < -0.3 is 25.0 Å². The van der Waals surface area contributed by atoms with E-state index in [4.69, 9.17) is 9.47 Å². The van der Waals surface area contributed by atoms with E-state index in [9.17, 15) is 4.79 Å². The summed E-state index contributed by atoms with van der Waals surface area (Å²) < 4.78 is 10.9. The van der Waals surface area contributed by atoms with E-state index >= 15 is 0 Å². The number of ether oxygens (including phenoxy) is 2. The molecule has 8 heteroatoms. The van der Waals surface area contributed by atoms with Crippen molar-refractivity contribution in [2.45, 2.75) is 77.1 Å². The Hall–Kier alpha value is -0.770. The van der Waals surface area contributed by atoms with Crippen molar-refractivity contribution in [2.75, 3.05) is 26.8 Å². The van der Waals surface area contributed by atoms with Crippen LogP contribution in [0.1, 0.15) is 53.4 Å². The van der Waals surface area contributed by atoms with Crippen molar-refractivity contribution in [1.29, 1.82) is 0 Å². The molecule has 3 heterocycles. The molecule has 0 saturated carbocycles. The average Bonchev–Trinajstić information content (AvgIpc) is 2.79. The van der Waals surface area contributed by atoms with Crippen LogP contribution in [0.2, 0.25) is 0 Å². The summed E-state index contributed by atoms with van der Waals surface area (Å²) >= 11 is 0. The van der Waals surface area contributed by atoms with Crippen molar-refractivity contribution in [3.63, 3.8) is 0 Å². The topological polar surface area (TPSA) is 75.2 Å². The Morgan fingerprint density at radius 3 is 2.30 bits per heavy atom. The Bertz CT molecular complexity index is 546. The minimum Gasteiger partial charge on any atom is -0.444 e. The minimum atomic E-state index is -0.446. The Kier molecular flexibility index (Phi) is 7.27. The summed E-state index contributed by atoms with van der Waals surface area (Å²) in [6.07, 6.45) is 3.84. The maximum atomic E-state index is 12.5. The standard InChI is InChI=1S/C19H34N4O3.HI/c1-18(2,3)26-17(24)23-14-6-7-15(23)9-13(8-14)22-16(20-5)21-10-19(4)11-25-12-19;/h13-15H,6-12H2,1-5H3,(H2,20,21,22);1H. The van der Waals surface area contributed by atoms with Gasteiger partial charge in [0.25, 0.3) is 0 Å². The second-order valence-electron chi connectivity index (χ2n) is 9.31. The van der Waals surface area contributed by atoms with Crippen molar-refractivity contribution in [3.8, 4) is 0 Å². The molecule has 1 amide bonds. The molecule has 2 unspecified atom stereocenters. The number of guanidine groups is 1. The molecule has 3 aliphatic rings. The van der Waals surface area contributed by atoms with Crippen LogP contribution in [0.3, 0.4) is 0 Å². The first kappa shape index (κ1) is 22.5. The second-order valence-corrected chi connectivity index (χ2v) is 9.31. The van der Waals surface area contributed by atoms with Crippen LogP contribution in [0.15, 0.2) is 4.99 Å². The number of halogens is 1. The number of carbonyl (C=O) groups is 1. The molecule has 0 aliphatic carbocycles. The van der Waals surface area contributed by atoms with Gasteiger partial charge >= 0.3 is 6.09 Å². The van der Waals surface area contributed by atoms with Crippen LogP contribution >= 0.6 is 24.0 Å². The first-order valence-corrected chi connectivity index (χ1v) is 9.75. The number of hydrogen-bond acceptors (Lipinski definition) is 4. The van der Waals surface area contributed by atoms with Crippen LogP contribution in [-0.4, -0.2) is 67.5 Å². The second kappa shape index (κ2) is 8.71. The molecule has 0 aromatic heterocycles. The molecule has 0 radical (unpaired) electrons. The molecule has 3 saturated heterocycles. The van der Waals surface area contributed by atoms with Gasteiger partial charge in [-0.15, -0.1) is 24.0 Å². The highest BCUT2D eigenvalue weighted by molar-refractivity contribution is 14.0. The summed E-state index contributed by atoms with van der Waals surface area (Å²) in [7, 11) is 1.80. The minimum absolute atomic E-state index is 0. The molecule has 156 valence electrons. The third-order valence-corrected chi connectivity index (χ3v) is 5.49. The van der Waals surface area contributed by atoms with E-state index in [-0.39, 0.29) is 47.6 Å². The Morgan fingerprint density at radius 2 is 1.85 bits per heavy atom. The maximum Gasteiger partial charge on any atom is 0.410 e. The molecule has 3 aliphatic heterocycles. The molecule has 3 rings (SSSR count). The lowest BCUT2D eigenvalue weighted by Crippen LogP contribution is -2.56. The normalized spacial score (nSPS) is 29.4. The van der Waals surface area contributed by atoms with Gasteiger partial charge in [-0.3, -0.25) is 4.99 Å². The van der Waals surface area contributed by atoms with Gasteiger partial charge in [0.2, 0.25) is 0 Å². The molecule has 2 atom stereocenters. The van der Waals surface area contributed by atoms with E-state index in [1.54, 1.807) is 7.05 Å². The Labute approximate surface area is 180 Å². The maximum absolute atomic E-state index is 12.5. The van der Waals surface area contributed by atoms with Gasteiger partial charge in [-0.05, 0) is 46.5 Å². The highest BCUT2D eigenvalue weighted by Crippen LogP contribution is 2.36. The zero-order chi connectivity index (χ0) is 18.9.